The van der Waals surface area contributed by atoms with Crippen LogP contribution >= 0.6 is 0 Å². The van der Waals surface area contributed by atoms with Crippen molar-refractivity contribution in [3.8, 4) is 0 Å². The molecule has 1 fully saturated rings. The fourth-order valence-electron chi connectivity index (χ4n) is 2.77. The highest BCUT2D eigenvalue weighted by Crippen LogP contribution is 2.16. The van der Waals surface area contributed by atoms with Crippen LogP contribution in [-0.2, 0) is 0 Å². The molecule has 116 valence electrons. The quantitative estimate of drug-likeness (QED) is 0.768. The van der Waals surface area contributed by atoms with Crippen LogP contribution in [0.2, 0.25) is 0 Å². The van der Waals surface area contributed by atoms with Gasteiger partial charge in [-0.3, -0.25) is 9.69 Å². The number of nitrogens with zero attached hydrogens (tertiary/aromatic N) is 3. The number of Topliss-reactive ketones (excluding diaryl/α,β-unsaturated/α-hetero) is 1. The average Bonchev–Trinajstić information content (AvgIpc) is 2.47. The molecule has 2 N–H and O–H groups in total. The van der Waals surface area contributed by atoms with Crippen LogP contribution in [0.15, 0.2) is 6.20 Å². The lowest BCUT2D eigenvalue weighted by molar-refractivity contribution is 0.0940. The maximum absolute atomic E-state index is 11.3. The second kappa shape index (κ2) is 7.47. The number of ketones is 1. The molecule has 1 aliphatic rings. The molecule has 0 saturated carbocycles. The Bertz CT molecular complexity index is 493. The molecule has 0 radical (unpaired) electrons. The summed E-state index contributed by atoms with van der Waals surface area (Å²) in [5.41, 5.74) is 1.27. The van der Waals surface area contributed by atoms with Gasteiger partial charge >= 0.3 is 0 Å². The van der Waals surface area contributed by atoms with Crippen molar-refractivity contribution in [1.29, 1.82) is 0 Å². The number of aromatic nitrogens is 2. The highest BCUT2D eigenvalue weighted by atomic mass is 16.3. The fraction of sp³-hybridized carbons (Fsp3) is 0.667. The van der Waals surface area contributed by atoms with E-state index in [0.717, 1.165) is 26.1 Å². The SMILES string of the molecule is CC(=O)c1cnc(NCCN2CCCCC2CO)nc1C. The van der Waals surface area contributed by atoms with Gasteiger partial charge in [0.15, 0.2) is 5.78 Å². The van der Waals surface area contributed by atoms with Crippen LogP contribution in [0.4, 0.5) is 5.95 Å². The van der Waals surface area contributed by atoms with E-state index >= 15 is 0 Å². The van der Waals surface area contributed by atoms with Crippen LogP contribution in [-0.4, -0.2) is 58.0 Å². The van der Waals surface area contributed by atoms with Crippen molar-refractivity contribution in [1.82, 2.24) is 14.9 Å². The van der Waals surface area contributed by atoms with E-state index < -0.39 is 0 Å². The molecule has 1 unspecified atom stereocenters. The predicted octanol–water partition coefficient (Wildman–Crippen LogP) is 1.25. The molecule has 1 aromatic rings. The monoisotopic (exact) mass is 292 g/mol. The number of rotatable bonds is 6. The first kappa shape index (κ1) is 15.9. The minimum atomic E-state index is -0.0156. The van der Waals surface area contributed by atoms with Crippen LogP contribution in [0.1, 0.15) is 42.2 Å². The van der Waals surface area contributed by atoms with Gasteiger partial charge in [-0.05, 0) is 33.2 Å². The number of aliphatic hydroxyl groups excluding tert-OH is 1. The summed E-state index contributed by atoms with van der Waals surface area (Å²) in [7, 11) is 0. The number of hydrogen-bond donors (Lipinski definition) is 2. The largest absolute Gasteiger partial charge is 0.395 e. The summed E-state index contributed by atoms with van der Waals surface area (Å²) in [5, 5.41) is 12.6. The lowest BCUT2D eigenvalue weighted by Gasteiger charge is -2.34. The summed E-state index contributed by atoms with van der Waals surface area (Å²) < 4.78 is 0. The van der Waals surface area contributed by atoms with Gasteiger partial charge in [0, 0.05) is 25.3 Å². The summed E-state index contributed by atoms with van der Waals surface area (Å²) in [5.74, 6) is 0.535. The molecule has 21 heavy (non-hydrogen) atoms. The van der Waals surface area contributed by atoms with E-state index in [9.17, 15) is 9.90 Å². The van der Waals surface area contributed by atoms with Crippen LogP contribution in [0.5, 0.6) is 0 Å². The average molecular weight is 292 g/mol. The van der Waals surface area contributed by atoms with Crippen LogP contribution < -0.4 is 5.32 Å². The Balaban J connectivity index is 1.85. The van der Waals surface area contributed by atoms with Gasteiger partial charge in [0.05, 0.1) is 17.9 Å². The smallest absolute Gasteiger partial charge is 0.222 e. The first-order chi connectivity index (χ1) is 10.1. The Kier molecular flexibility index (Phi) is 5.64. The summed E-state index contributed by atoms with van der Waals surface area (Å²) in [6.45, 7) is 6.19. The number of anilines is 1. The summed E-state index contributed by atoms with van der Waals surface area (Å²) in [6, 6.07) is 0.281. The second-order valence-corrected chi connectivity index (χ2v) is 5.54. The first-order valence-electron chi connectivity index (χ1n) is 7.55. The van der Waals surface area contributed by atoms with E-state index in [1.54, 1.807) is 6.20 Å². The third kappa shape index (κ3) is 4.22. The van der Waals surface area contributed by atoms with E-state index in [1.165, 1.54) is 19.8 Å². The van der Waals surface area contributed by atoms with Crippen molar-refractivity contribution >= 4 is 11.7 Å². The Morgan fingerprint density at radius 3 is 3.00 bits per heavy atom. The van der Waals surface area contributed by atoms with E-state index in [-0.39, 0.29) is 18.4 Å². The van der Waals surface area contributed by atoms with E-state index in [0.29, 0.717) is 17.2 Å². The third-order valence-electron chi connectivity index (χ3n) is 4.00. The van der Waals surface area contributed by atoms with Crippen molar-refractivity contribution in [3.05, 3.63) is 17.5 Å². The standard InChI is InChI=1S/C15H24N4O2/c1-11-14(12(2)21)9-17-15(18-11)16-6-8-19-7-4-3-5-13(19)10-20/h9,13,20H,3-8,10H2,1-2H3,(H,16,17,18). The molecule has 2 rings (SSSR count). The fourth-order valence-corrected chi connectivity index (χ4v) is 2.77. The molecule has 1 aliphatic heterocycles. The van der Waals surface area contributed by atoms with Gasteiger partial charge in [-0.2, -0.15) is 0 Å². The van der Waals surface area contributed by atoms with Crippen molar-refractivity contribution < 1.29 is 9.90 Å². The zero-order chi connectivity index (χ0) is 15.2. The number of nitrogens with one attached hydrogen (secondary N) is 1. The van der Waals surface area contributed by atoms with Gasteiger partial charge in [0.25, 0.3) is 0 Å². The van der Waals surface area contributed by atoms with Gasteiger partial charge in [0.2, 0.25) is 5.95 Å². The predicted molar refractivity (Wildman–Crippen MR) is 81.6 cm³/mol. The molecule has 0 aromatic carbocycles. The number of carbonyl (C=O) groups is 1. The maximum Gasteiger partial charge on any atom is 0.222 e. The van der Waals surface area contributed by atoms with E-state index in [2.05, 4.69) is 20.2 Å². The van der Waals surface area contributed by atoms with Gasteiger partial charge < -0.3 is 10.4 Å². The molecule has 0 bridgehead atoms. The zero-order valence-electron chi connectivity index (χ0n) is 12.8. The molecule has 0 aliphatic carbocycles. The molecule has 2 heterocycles. The summed E-state index contributed by atoms with van der Waals surface area (Å²) in [6.07, 6.45) is 5.03. The van der Waals surface area contributed by atoms with Crippen molar-refractivity contribution in [2.24, 2.45) is 0 Å². The zero-order valence-corrected chi connectivity index (χ0v) is 12.8. The van der Waals surface area contributed by atoms with Crippen LogP contribution in [0, 0.1) is 6.92 Å². The molecule has 0 amide bonds. The van der Waals surface area contributed by atoms with E-state index in [4.69, 9.17) is 0 Å². The molecule has 6 nitrogen and oxygen atoms in total. The highest BCUT2D eigenvalue weighted by molar-refractivity contribution is 5.94. The third-order valence-corrected chi connectivity index (χ3v) is 4.00. The lowest BCUT2D eigenvalue weighted by atomic mass is 10.0. The lowest BCUT2D eigenvalue weighted by Crippen LogP contribution is -2.44. The summed E-state index contributed by atoms with van der Waals surface area (Å²) in [4.78, 5) is 22.1. The molecular formula is C15H24N4O2. The summed E-state index contributed by atoms with van der Waals surface area (Å²) >= 11 is 0. The molecule has 1 atom stereocenters. The van der Waals surface area contributed by atoms with Gasteiger partial charge in [-0.25, -0.2) is 9.97 Å². The van der Waals surface area contributed by atoms with Crippen molar-refractivity contribution in [3.63, 3.8) is 0 Å². The minimum absolute atomic E-state index is 0.0156. The number of likely N-dealkylation sites (tertiary alicyclic amines) is 1. The van der Waals surface area contributed by atoms with Gasteiger partial charge in [-0.15, -0.1) is 0 Å². The minimum Gasteiger partial charge on any atom is -0.395 e. The molecule has 1 aromatic heterocycles. The van der Waals surface area contributed by atoms with Gasteiger partial charge in [0.1, 0.15) is 0 Å². The van der Waals surface area contributed by atoms with Crippen molar-refractivity contribution in [2.45, 2.75) is 39.2 Å². The van der Waals surface area contributed by atoms with E-state index in [1.807, 2.05) is 6.92 Å². The molecule has 0 spiro atoms. The Hall–Kier alpha value is -1.53. The number of aryl methyl sites for hydroxylation is 1. The molecular weight excluding hydrogens is 268 g/mol. The molecule has 1 saturated heterocycles. The highest BCUT2D eigenvalue weighted by Gasteiger charge is 2.20. The number of carbonyl (C=O) groups excluding carboxylic acids is 1. The van der Waals surface area contributed by atoms with Gasteiger partial charge in [-0.1, -0.05) is 6.42 Å². The second-order valence-electron chi connectivity index (χ2n) is 5.54. The maximum atomic E-state index is 11.3. The Labute approximate surface area is 125 Å². The first-order valence-corrected chi connectivity index (χ1v) is 7.55. The Morgan fingerprint density at radius 1 is 1.52 bits per heavy atom. The molecule has 6 heteroatoms. The number of piperidine rings is 1. The number of hydrogen-bond acceptors (Lipinski definition) is 6. The normalized spacial score (nSPS) is 19.5. The van der Waals surface area contributed by atoms with Crippen LogP contribution in [0.25, 0.3) is 0 Å². The topological polar surface area (TPSA) is 78.4 Å². The van der Waals surface area contributed by atoms with Crippen molar-refractivity contribution in [2.75, 3.05) is 31.6 Å². The van der Waals surface area contributed by atoms with Crippen LogP contribution in [0.3, 0.4) is 0 Å². The number of aliphatic hydroxyl groups is 1. The Morgan fingerprint density at radius 2 is 2.33 bits per heavy atom.